The molecule has 0 unspecified atom stereocenters. The number of hydrogen-bond acceptors (Lipinski definition) is 3. The van der Waals surface area contributed by atoms with E-state index in [0.717, 1.165) is 21.7 Å². The Balaban J connectivity index is 1.86. The van der Waals surface area contributed by atoms with E-state index in [-0.39, 0.29) is 5.70 Å². The van der Waals surface area contributed by atoms with Crippen molar-refractivity contribution in [3.63, 3.8) is 0 Å². The molecule has 5 heteroatoms. The molecule has 0 bridgehead atoms. The van der Waals surface area contributed by atoms with E-state index in [0.29, 0.717) is 21.8 Å². The van der Waals surface area contributed by atoms with Crippen LogP contribution in [0, 0.1) is 13.8 Å². The van der Waals surface area contributed by atoms with Gasteiger partial charge in [-0.1, -0.05) is 66.2 Å². The Labute approximate surface area is 174 Å². The number of carbonyl (C=O) groups is 2. The summed E-state index contributed by atoms with van der Waals surface area (Å²) >= 11 is 6.30. The van der Waals surface area contributed by atoms with Crippen LogP contribution < -0.4 is 10.2 Å². The van der Waals surface area contributed by atoms with Gasteiger partial charge in [-0.15, -0.1) is 0 Å². The second-order valence-corrected chi connectivity index (χ2v) is 7.29. The minimum Gasteiger partial charge on any atom is -0.350 e. The van der Waals surface area contributed by atoms with Gasteiger partial charge < -0.3 is 5.32 Å². The average Bonchev–Trinajstić information content (AvgIpc) is 2.96. The predicted molar refractivity (Wildman–Crippen MR) is 117 cm³/mol. The first-order chi connectivity index (χ1) is 14.0. The summed E-state index contributed by atoms with van der Waals surface area (Å²) in [7, 11) is 0. The first-order valence-corrected chi connectivity index (χ1v) is 9.63. The standard InChI is InChI=1S/C24H19ClN2O2/c1-15-9-8-13-19(16(15)2)26-22-21(17-10-4-3-5-11-17)23(28)27(24(22)29)20-14-7-6-12-18(20)25/h3-14,26H,1-2H3. The highest BCUT2D eigenvalue weighted by molar-refractivity contribution is 6.48. The number of carbonyl (C=O) groups excluding carboxylic acids is 2. The summed E-state index contributed by atoms with van der Waals surface area (Å²) in [5.41, 5.74) is 4.52. The van der Waals surface area contributed by atoms with Crippen LogP contribution in [0.4, 0.5) is 11.4 Å². The van der Waals surface area contributed by atoms with Crippen LogP contribution in [0.1, 0.15) is 16.7 Å². The second-order valence-electron chi connectivity index (χ2n) is 6.89. The summed E-state index contributed by atoms with van der Waals surface area (Å²) in [6, 6.07) is 21.9. The van der Waals surface area contributed by atoms with Gasteiger partial charge in [0.1, 0.15) is 5.70 Å². The molecule has 0 aliphatic carbocycles. The summed E-state index contributed by atoms with van der Waals surface area (Å²) in [5.74, 6) is -0.829. The molecular formula is C24H19ClN2O2. The van der Waals surface area contributed by atoms with Gasteiger partial charge in [-0.25, -0.2) is 4.90 Å². The Kier molecular flexibility index (Phi) is 4.95. The zero-order chi connectivity index (χ0) is 20.5. The summed E-state index contributed by atoms with van der Waals surface area (Å²) in [6.45, 7) is 3.98. The number of nitrogens with zero attached hydrogens (tertiary/aromatic N) is 1. The molecule has 4 nitrogen and oxygen atoms in total. The van der Waals surface area contributed by atoms with Crippen LogP contribution in [0.5, 0.6) is 0 Å². The number of imide groups is 1. The average molecular weight is 403 g/mol. The first kappa shape index (κ1) is 19.0. The fraction of sp³-hybridized carbons (Fsp3) is 0.0833. The molecule has 1 aliphatic heterocycles. The fourth-order valence-corrected chi connectivity index (χ4v) is 3.61. The van der Waals surface area contributed by atoms with Gasteiger partial charge in [0.2, 0.25) is 0 Å². The number of hydrogen-bond donors (Lipinski definition) is 1. The van der Waals surface area contributed by atoms with Gasteiger partial charge in [-0.3, -0.25) is 9.59 Å². The fourth-order valence-electron chi connectivity index (χ4n) is 3.39. The van der Waals surface area contributed by atoms with E-state index in [4.69, 9.17) is 11.6 Å². The third kappa shape index (κ3) is 3.32. The highest BCUT2D eigenvalue weighted by Crippen LogP contribution is 2.37. The molecule has 2 amide bonds. The SMILES string of the molecule is Cc1cccc(NC2=C(c3ccccc3)C(=O)N(c3ccccc3Cl)C2=O)c1C. The van der Waals surface area contributed by atoms with Crippen molar-refractivity contribution in [3.8, 4) is 0 Å². The van der Waals surface area contributed by atoms with E-state index in [1.807, 2.05) is 62.4 Å². The van der Waals surface area contributed by atoms with Crippen LogP contribution in [0.25, 0.3) is 5.57 Å². The van der Waals surface area contributed by atoms with Gasteiger partial charge in [-0.2, -0.15) is 0 Å². The summed E-state index contributed by atoms with van der Waals surface area (Å²) in [5, 5.41) is 3.56. The summed E-state index contributed by atoms with van der Waals surface area (Å²) in [6.07, 6.45) is 0. The smallest absolute Gasteiger partial charge is 0.282 e. The maximum atomic E-state index is 13.4. The lowest BCUT2D eigenvalue weighted by atomic mass is 10.0. The number of aryl methyl sites for hydroxylation is 1. The quantitative estimate of drug-likeness (QED) is 0.598. The van der Waals surface area contributed by atoms with Crippen LogP contribution in [-0.4, -0.2) is 11.8 Å². The monoisotopic (exact) mass is 402 g/mol. The molecule has 4 rings (SSSR count). The number of nitrogens with one attached hydrogen (secondary N) is 1. The second kappa shape index (κ2) is 7.57. The van der Waals surface area contributed by atoms with E-state index in [2.05, 4.69) is 5.32 Å². The number of benzene rings is 3. The molecule has 1 heterocycles. The van der Waals surface area contributed by atoms with Crippen molar-refractivity contribution in [1.29, 1.82) is 0 Å². The zero-order valence-corrected chi connectivity index (χ0v) is 16.8. The first-order valence-electron chi connectivity index (χ1n) is 9.25. The van der Waals surface area contributed by atoms with E-state index in [1.165, 1.54) is 0 Å². The van der Waals surface area contributed by atoms with Crippen molar-refractivity contribution in [1.82, 2.24) is 0 Å². The minimum atomic E-state index is -0.428. The van der Waals surface area contributed by atoms with Gasteiger partial charge in [0.15, 0.2) is 0 Å². The molecular weight excluding hydrogens is 384 g/mol. The van der Waals surface area contributed by atoms with E-state index < -0.39 is 11.8 Å². The van der Waals surface area contributed by atoms with Crippen molar-refractivity contribution < 1.29 is 9.59 Å². The minimum absolute atomic E-state index is 0.245. The Bertz CT molecular complexity index is 1150. The van der Waals surface area contributed by atoms with Gasteiger partial charge >= 0.3 is 0 Å². The van der Waals surface area contributed by atoms with Crippen molar-refractivity contribution in [2.24, 2.45) is 0 Å². The molecule has 0 atom stereocenters. The van der Waals surface area contributed by atoms with Crippen molar-refractivity contribution >= 4 is 40.4 Å². The van der Waals surface area contributed by atoms with Gasteiger partial charge in [0.05, 0.1) is 16.3 Å². The molecule has 29 heavy (non-hydrogen) atoms. The largest absolute Gasteiger partial charge is 0.350 e. The number of rotatable bonds is 4. The molecule has 0 spiro atoms. The van der Waals surface area contributed by atoms with Crippen LogP contribution in [-0.2, 0) is 9.59 Å². The topological polar surface area (TPSA) is 49.4 Å². The molecule has 0 aromatic heterocycles. The lowest BCUT2D eigenvalue weighted by molar-refractivity contribution is -0.120. The molecule has 0 saturated heterocycles. The van der Waals surface area contributed by atoms with Crippen LogP contribution in [0.3, 0.4) is 0 Å². The van der Waals surface area contributed by atoms with E-state index in [1.54, 1.807) is 24.3 Å². The number of para-hydroxylation sites is 1. The Morgan fingerprint density at radius 1 is 0.793 bits per heavy atom. The highest BCUT2D eigenvalue weighted by Gasteiger charge is 2.41. The molecule has 0 saturated carbocycles. The molecule has 144 valence electrons. The third-order valence-corrected chi connectivity index (χ3v) is 5.42. The molecule has 1 aliphatic rings. The van der Waals surface area contributed by atoms with Crippen LogP contribution in [0.15, 0.2) is 78.5 Å². The normalized spacial score (nSPS) is 14.0. The molecule has 3 aromatic rings. The number of anilines is 2. The summed E-state index contributed by atoms with van der Waals surface area (Å²) < 4.78 is 0. The van der Waals surface area contributed by atoms with Gasteiger partial charge in [0, 0.05) is 5.69 Å². The molecule has 0 radical (unpaired) electrons. The third-order valence-electron chi connectivity index (χ3n) is 5.10. The lowest BCUT2D eigenvalue weighted by Gasteiger charge is -2.17. The van der Waals surface area contributed by atoms with E-state index in [9.17, 15) is 9.59 Å². The summed E-state index contributed by atoms with van der Waals surface area (Å²) in [4.78, 5) is 27.9. The zero-order valence-electron chi connectivity index (χ0n) is 16.1. The van der Waals surface area contributed by atoms with Crippen LogP contribution >= 0.6 is 11.6 Å². The lowest BCUT2D eigenvalue weighted by Crippen LogP contribution is -2.32. The predicted octanol–water partition coefficient (Wildman–Crippen LogP) is 5.35. The van der Waals surface area contributed by atoms with Crippen LogP contribution in [0.2, 0.25) is 5.02 Å². The maximum Gasteiger partial charge on any atom is 0.282 e. The maximum absolute atomic E-state index is 13.4. The molecule has 3 aromatic carbocycles. The van der Waals surface area contributed by atoms with Crippen molar-refractivity contribution in [2.45, 2.75) is 13.8 Å². The number of halogens is 1. The number of amides is 2. The Hall–Kier alpha value is -3.37. The van der Waals surface area contributed by atoms with Crippen molar-refractivity contribution in [3.05, 3.63) is 100 Å². The van der Waals surface area contributed by atoms with Gasteiger partial charge in [0.25, 0.3) is 11.8 Å². The van der Waals surface area contributed by atoms with Crippen molar-refractivity contribution in [2.75, 3.05) is 10.2 Å². The Morgan fingerprint density at radius 2 is 1.48 bits per heavy atom. The highest BCUT2D eigenvalue weighted by atomic mass is 35.5. The molecule has 1 N–H and O–H groups in total. The van der Waals surface area contributed by atoms with E-state index >= 15 is 0 Å². The van der Waals surface area contributed by atoms with Gasteiger partial charge in [-0.05, 0) is 48.7 Å². The molecule has 0 fully saturated rings. The Morgan fingerprint density at radius 3 is 2.21 bits per heavy atom.